The van der Waals surface area contributed by atoms with Crippen LogP contribution in [0, 0.1) is 0 Å². The highest BCUT2D eigenvalue weighted by atomic mass is 16.3. The fraction of sp³-hybridized carbons (Fsp3) is 0.143. The van der Waals surface area contributed by atoms with Gasteiger partial charge in [0.05, 0.1) is 0 Å². The van der Waals surface area contributed by atoms with Crippen LogP contribution >= 0.6 is 0 Å². The first kappa shape index (κ1) is 9.28. The molecule has 0 fully saturated rings. The zero-order chi connectivity index (χ0) is 11.1. The smallest absolute Gasteiger partial charge is 0.135 e. The van der Waals surface area contributed by atoms with Gasteiger partial charge in [0, 0.05) is 10.8 Å². The van der Waals surface area contributed by atoms with Gasteiger partial charge in [0.1, 0.15) is 16.9 Å². The molecule has 0 aliphatic rings. The maximum absolute atomic E-state index is 9.84. The number of hydrogen-bond acceptors (Lipinski definition) is 2. The molecule has 2 heteroatoms. The minimum Gasteiger partial charge on any atom is -0.508 e. The lowest BCUT2D eigenvalue weighted by Gasteiger charge is -2.00. The number of para-hydroxylation sites is 1. The van der Waals surface area contributed by atoms with Crippen LogP contribution in [0.4, 0.5) is 0 Å². The summed E-state index contributed by atoms with van der Waals surface area (Å²) in [4.78, 5) is 0. The van der Waals surface area contributed by atoms with Gasteiger partial charge in [0.2, 0.25) is 0 Å². The molecule has 80 valence electrons. The van der Waals surface area contributed by atoms with Gasteiger partial charge in [-0.25, -0.2) is 0 Å². The van der Waals surface area contributed by atoms with Crippen LogP contribution in [0.25, 0.3) is 21.9 Å². The summed E-state index contributed by atoms with van der Waals surface area (Å²) in [6, 6.07) is 11.6. The third kappa shape index (κ3) is 1.20. The Morgan fingerprint density at radius 1 is 1.06 bits per heavy atom. The van der Waals surface area contributed by atoms with Gasteiger partial charge >= 0.3 is 0 Å². The molecule has 2 aromatic carbocycles. The maximum atomic E-state index is 9.84. The standard InChI is InChI=1S/C14H12O2/c1-2-9-7-14-11(8-12(9)15)10-5-3-4-6-13(10)16-14/h3-8,15H,2H2,1H3. The predicted octanol–water partition coefficient (Wildman–Crippen LogP) is 3.85. The van der Waals surface area contributed by atoms with Gasteiger partial charge in [-0.1, -0.05) is 25.1 Å². The van der Waals surface area contributed by atoms with Gasteiger partial charge in [-0.2, -0.15) is 0 Å². The van der Waals surface area contributed by atoms with E-state index in [9.17, 15) is 5.11 Å². The van der Waals surface area contributed by atoms with Crippen molar-refractivity contribution >= 4 is 21.9 Å². The number of hydrogen-bond donors (Lipinski definition) is 1. The first-order valence-corrected chi connectivity index (χ1v) is 5.42. The minimum absolute atomic E-state index is 0.349. The minimum atomic E-state index is 0.349. The number of phenols is 1. The fourth-order valence-corrected chi connectivity index (χ4v) is 2.09. The number of rotatable bonds is 1. The van der Waals surface area contributed by atoms with E-state index < -0.39 is 0 Å². The van der Waals surface area contributed by atoms with Crippen LogP contribution in [-0.4, -0.2) is 5.11 Å². The van der Waals surface area contributed by atoms with Crippen LogP contribution in [0.3, 0.4) is 0 Å². The van der Waals surface area contributed by atoms with E-state index >= 15 is 0 Å². The second-order valence-corrected chi connectivity index (χ2v) is 3.93. The van der Waals surface area contributed by atoms with Crippen molar-refractivity contribution in [3.05, 3.63) is 42.0 Å². The highest BCUT2D eigenvalue weighted by molar-refractivity contribution is 6.05. The molecule has 2 nitrogen and oxygen atoms in total. The summed E-state index contributed by atoms with van der Waals surface area (Å²) in [6.45, 7) is 2.02. The summed E-state index contributed by atoms with van der Waals surface area (Å²) in [7, 11) is 0. The molecule has 0 unspecified atom stereocenters. The lowest BCUT2D eigenvalue weighted by atomic mass is 10.1. The Morgan fingerprint density at radius 2 is 1.88 bits per heavy atom. The molecule has 0 spiro atoms. The van der Waals surface area contributed by atoms with Crippen LogP contribution in [0.1, 0.15) is 12.5 Å². The number of aromatic hydroxyl groups is 1. The number of phenolic OH excluding ortho intramolecular Hbond substituents is 1. The molecular formula is C14H12O2. The Morgan fingerprint density at radius 3 is 2.69 bits per heavy atom. The summed E-state index contributed by atoms with van der Waals surface area (Å²) >= 11 is 0. The van der Waals surface area contributed by atoms with E-state index in [0.717, 1.165) is 33.9 Å². The van der Waals surface area contributed by atoms with Crippen LogP contribution in [0.2, 0.25) is 0 Å². The average molecular weight is 212 g/mol. The van der Waals surface area contributed by atoms with Crippen LogP contribution in [0.15, 0.2) is 40.8 Å². The average Bonchev–Trinajstić information content (AvgIpc) is 2.66. The van der Waals surface area contributed by atoms with E-state index in [0.29, 0.717) is 5.75 Å². The Bertz CT molecular complexity index is 665. The van der Waals surface area contributed by atoms with Crippen molar-refractivity contribution in [2.75, 3.05) is 0 Å². The van der Waals surface area contributed by atoms with Gasteiger partial charge in [0.25, 0.3) is 0 Å². The topological polar surface area (TPSA) is 33.4 Å². The lowest BCUT2D eigenvalue weighted by molar-refractivity contribution is 0.469. The summed E-state index contributed by atoms with van der Waals surface area (Å²) in [6.07, 6.45) is 0.804. The normalized spacial score (nSPS) is 11.3. The summed E-state index contributed by atoms with van der Waals surface area (Å²) in [5, 5.41) is 11.9. The highest BCUT2D eigenvalue weighted by Crippen LogP contribution is 2.33. The molecule has 16 heavy (non-hydrogen) atoms. The number of furan rings is 1. The first-order chi connectivity index (χ1) is 7.79. The van der Waals surface area contributed by atoms with Gasteiger partial charge in [-0.15, -0.1) is 0 Å². The molecule has 0 saturated heterocycles. The van der Waals surface area contributed by atoms with E-state index in [1.165, 1.54) is 0 Å². The van der Waals surface area contributed by atoms with Crippen molar-refractivity contribution in [2.45, 2.75) is 13.3 Å². The summed E-state index contributed by atoms with van der Waals surface area (Å²) < 4.78 is 5.74. The Kier molecular flexibility index (Phi) is 1.90. The Labute approximate surface area is 93.1 Å². The molecule has 1 aromatic heterocycles. The molecule has 0 amide bonds. The summed E-state index contributed by atoms with van der Waals surface area (Å²) in [5.74, 6) is 0.349. The van der Waals surface area contributed by atoms with E-state index in [1.54, 1.807) is 6.07 Å². The van der Waals surface area contributed by atoms with Gasteiger partial charge in [0.15, 0.2) is 0 Å². The second kappa shape index (κ2) is 3.27. The molecule has 0 aliphatic heterocycles. The molecule has 0 aliphatic carbocycles. The van der Waals surface area contributed by atoms with Crippen molar-refractivity contribution in [3.8, 4) is 5.75 Å². The van der Waals surface area contributed by atoms with E-state index in [2.05, 4.69) is 0 Å². The molecule has 1 heterocycles. The van der Waals surface area contributed by atoms with Gasteiger partial charge < -0.3 is 9.52 Å². The van der Waals surface area contributed by atoms with Crippen LogP contribution in [0.5, 0.6) is 5.75 Å². The van der Waals surface area contributed by atoms with Crippen LogP contribution in [-0.2, 0) is 6.42 Å². The third-order valence-corrected chi connectivity index (χ3v) is 2.96. The third-order valence-electron chi connectivity index (χ3n) is 2.96. The molecule has 0 saturated carbocycles. The van der Waals surface area contributed by atoms with E-state index in [4.69, 9.17) is 4.42 Å². The number of aryl methyl sites for hydroxylation is 1. The quantitative estimate of drug-likeness (QED) is 0.664. The molecule has 0 bridgehead atoms. The molecule has 3 rings (SSSR count). The van der Waals surface area contributed by atoms with Crippen molar-refractivity contribution < 1.29 is 9.52 Å². The first-order valence-electron chi connectivity index (χ1n) is 5.42. The molecule has 0 radical (unpaired) electrons. The summed E-state index contributed by atoms with van der Waals surface area (Å²) in [5.41, 5.74) is 2.63. The second-order valence-electron chi connectivity index (χ2n) is 3.93. The Hall–Kier alpha value is -1.96. The predicted molar refractivity (Wildman–Crippen MR) is 64.8 cm³/mol. The highest BCUT2D eigenvalue weighted by Gasteiger charge is 2.09. The molecule has 1 N–H and O–H groups in total. The SMILES string of the molecule is CCc1cc2oc3ccccc3c2cc1O. The lowest BCUT2D eigenvalue weighted by Crippen LogP contribution is -1.80. The zero-order valence-electron chi connectivity index (χ0n) is 9.03. The van der Waals surface area contributed by atoms with E-state index in [-0.39, 0.29) is 0 Å². The van der Waals surface area contributed by atoms with Gasteiger partial charge in [-0.3, -0.25) is 0 Å². The largest absolute Gasteiger partial charge is 0.508 e. The molecule has 0 atom stereocenters. The van der Waals surface area contributed by atoms with Crippen molar-refractivity contribution in [2.24, 2.45) is 0 Å². The van der Waals surface area contributed by atoms with Crippen molar-refractivity contribution in [3.63, 3.8) is 0 Å². The van der Waals surface area contributed by atoms with E-state index in [1.807, 2.05) is 37.3 Å². The number of benzene rings is 2. The number of fused-ring (bicyclic) bond motifs is 3. The van der Waals surface area contributed by atoms with Crippen LogP contribution < -0.4 is 0 Å². The fourth-order valence-electron chi connectivity index (χ4n) is 2.09. The monoisotopic (exact) mass is 212 g/mol. The van der Waals surface area contributed by atoms with Gasteiger partial charge in [-0.05, 0) is 30.2 Å². The van der Waals surface area contributed by atoms with Crippen molar-refractivity contribution in [1.82, 2.24) is 0 Å². The zero-order valence-corrected chi connectivity index (χ0v) is 9.03. The van der Waals surface area contributed by atoms with Crippen molar-refractivity contribution in [1.29, 1.82) is 0 Å². The molecular weight excluding hydrogens is 200 g/mol. The maximum Gasteiger partial charge on any atom is 0.135 e. The molecule has 3 aromatic rings. The Balaban J connectivity index is 2.46.